The fourth-order valence-electron chi connectivity index (χ4n) is 4.62. The van der Waals surface area contributed by atoms with Crippen LogP contribution in [0.2, 0.25) is 0 Å². The number of fused-ring (bicyclic) bond motifs is 2. The summed E-state index contributed by atoms with van der Waals surface area (Å²) in [5, 5.41) is 3.81. The van der Waals surface area contributed by atoms with Gasteiger partial charge in [-0.15, -0.1) is 6.58 Å². The summed E-state index contributed by atoms with van der Waals surface area (Å²) in [6.07, 6.45) is 6.25. The van der Waals surface area contributed by atoms with E-state index >= 15 is 0 Å². The highest BCUT2D eigenvalue weighted by atomic mass is 15.0. The van der Waals surface area contributed by atoms with Crippen molar-refractivity contribution in [2.45, 2.75) is 45.7 Å². The molecular formula is C18H25N. The van der Waals surface area contributed by atoms with Crippen LogP contribution in [0.25, 0.3) is 0 Å². The molecule has 102 valence electrons. The van der Waals surface area contributed by atoms with Gasteiger partial charge >= 0.3 is 0 Å². The second-order valence-electron chi connectivity index (χ2n) is 6.86. The van der Waals surface area contributed by atoms with Gasteiger partial charge in [-0.05, 0) is 36.2 Å². The fraction of sp³-hybridized carbons (Fsp3) is 0.556. The van der Waals surface area contributed by atoms with Gasteiger partial charge in [0, 0.05) is 18.0 Å². The molecule has 0 heterocycles. The van der Waals surface area contributed by atoms with Gasteiger partial charge < -0.3 is 5.32 Å². The predicted octanol–water partition coefficient (Wildman–Crippen LogP) is 4.16. The minimum absolute atomic E-state index is 0.298. The van der Waals surface area contributed by atoms with Crippen LogP contribution in [0.3, 0.4) is 0 Å². The first-order valence-corrected chi connectivity index (χ1v) is 7.51. The molecule has 1 nitrogen and oxygen atoms in total. The summed E-state index contributed by atoms with van der Waals surface area (Å²) in [5.74, 6) is 0.860. The van der Waals surface area contributed by atoms with Gasteiger partial charge in [-0.25, -0.2) is 0 Å². The SMILES string of the molecule is C=C[C@]12CC[C@H](C[C@H]1NCc1ccccc1)C2(C)C. The van der Waals surface area contributed by atoms with Gasteiger partial charge in [0.15, 0.2) is 0 Å². The number of hydrogen-bond acceptors (Lipinski definition) is 1. The van der Waals surface area contributed by atoms with Crippen LogP contribution in [0.15, 0.2) is 43.0 Å². The Morgan fingerprint density at radius 1 is 1.32 bits per heavy atom. The number of nitrogens with one attached hydrogen (secondary N) is 1. The maximum atomic E-state index is 4.17. The van der Waals surface area contributed by atoms with Crippen molar-refractivity contribution in [1.82, 2.24) is 5.32 Å². The second kappa shape index (κ2) is 4.49. The van der Waals surface area contributed by atoms with E-state index in [0.717, 1.165) is 12.5 Å². The van der Waals surface area contributed by atoms with Crippen LogP contribution in [-0.2, 0) is 6.54 Å². The van der Waals surface area contributed by atoms with E-state index in [2.05, 4.69) is 62.2 Å². The zero-order chi connectivity index (χ0) is 13.5. The third-order valence-electron chi connectivity index (χ3n) is 6.03. The minimum atomic E-state index is 0.298. The Morgan fingerprint density at radius 3 is 2.68 bits per heavy atom. The van der Waals surface area contributed by atoms with Crippen LogP contribution in [0.4, 0.5) is 0 Å². The molecule has 0 saturated heterocycles. The van der Waals surface area contributed by atoms with E-state index in [1.807, 2.05) is 0 Å². The first-order valence-electron chi connectivity index (χ1n) is 7.51. The highest BCUT2D eigenvalue weighted by molar-refractivity contribution is 5.22. The topological polar surface area (TPSA) is 12.0 Å². The molecule has 0 spiro atoms. The summed E-state index contributed by atoms with van der Waals surface area (Å²) in [5.41, 5.74) is 2.08. The van der Waals surface area contributed by atoms with Crippen molar-refractivity contribution in [3.8, 4) is 0 Å². The lowest BCUT2D eigenvalue weighted by molar-refractivity contribution is 0.156. The third-order valence-corrected chi connectivity index (χ3v) is 6.03. The molecule has 0 amide bonds. The predicted molar refractivity (Wildman–Crippen MR) is 80.8 cm³/mol. The molecule has 1 aromatic carbocycles. The van der Waals surface area contributed by atoms with Crippen molar-refractivity contribution >= 4 is 0 Å². The first-order chi connectivity index (χ1) is 9.10. The maximum Gasteiger partial charge on any atom is 0.0208 e. The second-order valence-corrected chi connectivity index (χ2v) is 6.86. The van der Waals surface area contributed by atoms with E-state index in [0.29, 0.717) is 16.9 Å². The Kier molecular flexibility index (Phi) is 3.05. The smallest absolute Gasteiger partial charge is 0.0208 e. The minimum Gasteiger partial charge on any atom is -0.309 e. The van der Waals surface area contributed by atoms with Crippen molar-refractivity contribution in [1.29, 1.82) is 0 Å². The van der Waals surface area contributed by atoms with Gasteiger partial charge in [0.2, 0.25) is 0 Å². The molecule has 1 aromatic rings. The van der Waals surface area contributed by atoms with E-state index in [4.69, 9.17) is 0 Å². The molecule has 0 aromatic heterocycles. The normalized spacial score (nSPS) is 35.5. The molecule has 1 N–H and O–H groups in total. The molecule has 2 aliphatic rings. The van der Waals surface area contributed by atoms with Crippen LogP contribution in [0, 0.1) is 16.7 Å². The number of rotatable bonds is 4. The van der Waals surface area contributed by atoms with Crippen LogP contribution in [0.1, 0.15) is 38.7 Å². The molecule has 0 unspecified atom stereocenters. The van der Waals surface area contributed by atoms with Crippen molar-refractivity contribution in [2.24, 2.45) is 16.7 Å². The van der Waals surface area contributed by atoms with Gasteiger partial charge in [-0.1, -0.05) is 50.3 Å². The first kappa shape index (κ1) is 12.9. The molecule has 2 bridgehead atoms. The van der Waals surface area contributed by atoms with Crippen LogP contribution in [-0.4, -0.2) is 6.04 Å². The molecule has 3 rings (SSSR count). The Hall–Kier alpha value is -1.08. The Balaban J connectivity index is 1.75. The highest BCUT2D eigenvalue weighted by Crippen LogP contribution is 2.66. The van der Waals surface area contributed by atoms with Crippen molar-refractivity contribution in [3.63, 3.8) is 0 Å². The summed E-state index contributed by atoms with van der Waals surface area (Å²) < 4.78 is 0. The van der Waals surface area contributed by atoms with Crippen LogP contribution >= 0.6 is 0 Å². The molecule has 0 aliphatic heterocycles. The van der Waals surface area contributed by atoms with Gasteiger partial charge in [-0.3, -0.25) is 0 Å². The summed E-state index contributed by atoms with van der Waals surface area (Å²) in [4.78, 5) is 0. The van der Waals surface area contributed by atoms with Crippen LogP contribution in [0.5, 0.6) is 0 Å². The van der Waals surface area contributed by atoms with Gasteiger partial charge in [0.25, 0.3) is 0 Å². The highest BCUT2D eigenvalue weighted by Gasteiger charge is 2.62. The van der Waals surface area contributed by atoms with Gasteiger partial charge in [0.05, 0.1) is 0 Å². The zero-order valence-electron chi connectivity index (χ0n) is 12.2. The maximum absolute atomic E-state index is 4.17. The third kappa shape index (κ3) is 1.79. The number of hydrogen-bond donors (Lipinski definition) is 1. The summed E-state index contributed by atoms with van der Waals surface area (Å²) in [7, 11) is 0. The summed E-state index contributed by atoms with van der Waals surface area (Å²) in [6, 6.07) is 11.3. The fourth-order valence-corrected chi connectivity index (χ4v) is 4.62. The average Bonchev–Trinajstić information content (AvgIpc) is 2.81. The standard InChI is InChI=1S/C18H25N/c1-4-18-11-10-15(17(18,2)3)12-16(18)19-13-14-8-6-5-7-9-14/h4-9,15-16,19H,1,10-13H2,2-3H3/t15-,16-,18+/m1/s1. The largest absolute Gasteiger partial charge is 0.309 e. The Labute approximate surface area is 117 Å². The van der Waals surface area contributed by atoms with Gasteiger partial charge in [0.1, 0.15) is 0 Å². The summed E-state index contributed by atoms with van der Waals surface area (Å²) in [6.45, 7) is 10.0. The van der Waals surface area contributed by atoms with Crippen molar-refractivity contribution < 1.29 is 0 Å². The lowest BCUT2D eigenvalue weighted by Gasteiger charge is -2.40. The van der Waals surface area contributed by atoms with Crippen molar-refractivity contribution in [2.75, 3.05) is 0 Å². The van der Waals surface area contributed by atoms with Crippen molar-refractivity contribution in [3.05, 3.63) is 48.6 Å². The number of benzene rings is 1. The monoisotopic (exact) mass is 255 g/mol. The molecule has 1 heteroatoms. The molecular weight excluding hydrogens is 230 g/mol. The van der Waals surface area contributed by atoms with Crippen LogP contribution < -0.4 is 5.32 Å². The molecule has 2 aliphatic carbocycles. The molecule has 2 saturated carbocycles. The van der Waals surface area contributed by atoms with E-state index in [1.165, 1.54) is 24.8 Å². The van der Waals surface area contributed by atoms with E-state index in [1.54, 1.807) is 0 Å². The molecule has 0 radical (unpaired) electrons. The average molecular weight is 255 g/mol. The Morgan fingerprint density at radius 2 is 2.05 bits per heavy atom. The summed E-state index contributed by atoms with van der Waals surface area (Å²) >= 11 is 0. The van der Waals surface area contributed by atoms with E-state index in [-0.39, 0.29) is 0 Å². The molecule has 19 heavy (non-hydrogen) atoms. The Bertz CT molecular complexity index is 462. The molecule has 2 fully saturated rings. The van der Waals surface area contributed by atoms with E-state index < -0.39 is 0 Å². The van der Waals surface area contributed by atoms with E-state index in [9.17, 15) is 0 Å². The van der Waals surface area contributed by atoms with Gasteiger partial charge in [-0.2, -0.15) is 0 Å². The quantitative estimate of drug-likeness (QED) is 0.797. The lowest BCUT2D eigenvalue weighted by atomic mass is 9.67. The lowest BCUT2D eigenvalue weighted by Crippen LogP contribution is -2.44. The zero-order valence-corrected chi connectivity index (χ0v) is 12.2. The molecule has 3 atom stereocenters.